The Morgan fingerprint density at radius 3 is 2.83 bits per heavy atom. The molecule has 0 spiro atoms. The van der Waals surface area contributed by atoms with Crippen molar-refractivity contribution in [1.82, 2.24) is 14.8 Å². The van der Waals surface area contributed by atoms with E-state index in [9.17, 15) is 4.79 Å². The van der Waals surface area contributed by atoms with E-state index in [-0.39, 0.29) is 5.56 Å². The summed E-state index contributed by atoms with van der Waals surface area (Å²) in [6, 6.07) is 2.10. The molecule has 0 radical (unpaired) electrons. The van der Waals surface area contributed by atoms with Crippen LogP contribution in [0.3, 0.4) is 0 Å². The Labute approximate surface area is 109 Å². The second-order valence-electron chi connectivity index (χ2n) is 4.96. The minimum Gasteiger partial charge on any atom is -0.313 e. The van der Waals surface area contributed by atoms with Crippen molar-refractivity contribution >= 4 is 0 Å². The monoisotopic (exact) mass is 249 g/mol. The molecule has 1 aromatic heterocycles. The third kappa shape index (κ3) is 2.49. The van der Waals surface area contributed by atoms with Crippen molar-refractivity contribution in [3.63, 3.8) is 0 Å². The molecule has 100 valence electrons. The van der Waals surface area contributed by atoms with Gasteiger partial charge >= 0.3 is 0 Å². The van der Waals surface area contributed by atoms with E-state index in [2.05, 4.69) is 37.2 Å². The molecule has 1 aliphatic heterocycles. The highest BCUT2D eigenvalue weighted by Gasteiger charge is 2.18. The van der Waals surface area contributed by atoms with Crippen LogP contribution < -0.4 is 10.9 Å². The zero-order chi connectivity index (χ0) is 13.1. The van der Waals surface area contributed by atoms with E-state index < -0.39 is 0 Å². The number of likely N-dealkylation sites (N-methyl/N-ethyl adjacent to an activating group) is 1. The molecule has 4 nitrogen and oxygen atoms in total. The minimum atomic E-state index is 0.182. The van der Waals surface area contributed by atoms with Gasteiger partial charge in [-0.3, -0.25) is 4.79 Å². The Morgan fingerprint density at radius 1 is 1.39 bits per heavy atom. The van der Waals surface area contributed by atoms with Gasteiger partial charge in [0.25, 0.3) is 5.56 Å². The normalized spacial score (nSPS) is 15.7. The van der Waals surface area contributed by atoms with Crippen molar-refractivity contribution in [3.05, 3.63) is 33.2 Å². The van der Waals surface area contributed by atoms with Gasteiger partial charge in [0, 0.05) is 43.9 Å². The molecule has 18 heavy (non-hydrogen) atoms. The number of hydrogen-bond donors (Lipinski definition) is 1. The fourth-order valence-electron chi connectivity index (χ4n) is 2.64. The molecule has 0 atom stereocenters. The second kappa shape index (κ2) is 5.67. The molecule has 1 aromatic rings. The molecular formula is C14H23N3O. The number of fused-ring (bicyclic) bond motifs is 1. The number of nitrogens with zero attached hydrogens (tertiary/aromatic N) is 2. The molecule has 0 amide bonds. The first-order valence-electron chi connectivity index (χ1n) is 6.81. The summed E-state index contributed by atoms with van der Waals surface area (Å²) in [4.78, 5) is 14.7. The Hall–Kier alpha value is -1.13. The van der Waals surface area contributed by atoms with Crippen LogP contribution in [0.15, 0.2) is 10.9 Å². The molecule has 0 aromatic carbocycles. The highest BCUT2D eigenvalue weighted by atomic mass is 16.1. The smallest absolute Gasteiger partial charge is 0.255 e. The van der Waals surface area contributed by atoms with E-state index in [1.54, 1.807) is 0 Å². The maximum atomic E-state index is 12.4. The summed E-state index contributed by atoms with van der Waals surface area (Å²) < 4.78 is 1.95. The first-order chi connectivity index (χ1) is 8.67. The van der Waals surface area contributed by atoms with Crippen LogP contribution in [0.1, 0.15) is 30.7 Å². The molecule has 1 aliphatic rings. The predicted molar refractivity (Wildman–Crippen MR) is 73.8 cm³/mol. The molecule has 0 aliphatic carbocycles. The van der Waals surface area contributed by atoms with Gasteiger partial charge in [-0.25, -0.2) is 0 Å². The van der Waals surface area contributed by atoms with Crippen molar-refractivity contribution in [3.8, 4) is 0 Å². The van der Waals surface area contributed by atoms with Crippen LogP contribution >= 0.6 is 0 Å². The van der Waals surface area contributed by atoms with E-state index in [1.807, 2.05) is 4.57 Å². The average Bonchev–Trinajstić information content (AvgIpc) is 2.36. The number of aromatic nitrogens is 1. The number of pyridine rings is 1. The molecule has 0 bridgehead atoms. The van der Waals surface area contributed by atoms with Gasteiger partial charge in [-0.05, 0) is 32.1 Å². The van der Waals surface area contributed by atoms with Gasteiger partial charge in [0.05, 0.1) is 0 Å². The summed E-state index contributed by atoms with van der Waals surface area (Å²) in [6.07, 6.45) is 0.983. The minimum absolute atomic E-state index is 0.182. The maximum absolute atomic E-state index is 12.4. The molecule has 2 rings (SSSR count). The Kier molecular flexibility index (Phi) is 4.19. The van der Waals surface area contributed by atoms with Gasteiger partial charge in [-0.1, -0.05) is 6.92 Å². The highest BCUT2D eigenvalue weighted by molar-refractivity contribution is 5.29. The lowest BCUT2D eigenvalue weighted by Crippen LogP contribution is -2.36. The van der Waals surface area contributed by atoms with Crippen LogP contribution in [0.4, 0.5) is 0 Å². The van der Waals surface area contributed by atoms with Gasteiger partial charge < -0.3 is 14.8 Å². The van der Waals surface area contributed by atoms with E-state index in [0.29, 0.717) is 6.54 Å². The number of rotatable bonds is 4. The Bertz CT molecular complexity index is 479. The lowest BCUT2D eigenvalue weighted by atomic mass is 10.0. The van der Waals surface area contributed by atoms with Crippen LogP contribution in [0.25, 0.3) is 0 Å². The second-order valence-corrected chi connectivity index (χ2v) is 4.96. The fraction of sp³-hybridized carbons (Fsp3) is 0.643. The quantitative estimate of drug-likeness (QED) is 0.864. The van der Waals surface area contributed by atoms with Crippen LogP contribution in [0.5, 0.6) is 0 Å². The largest absolute Gasteiger partial charge is 0.313 e. The summed E-state index contributed by atoms with van der Waals surface area (Å²) in [5.41, 5.74) is 3.63. The van der Waals surface area contributed by atoms with Crippen molar-refractivity contribution in [2.45, 2.75) is 39.9 Å². The molecule has 1 N–H and O–H groups in total. The molecule has 0 unspecified atom stereocenters. The van der Waals surface area contributed by atoms with E-state index in [4.69, 9.17) is 0 Å². The first kappa shape index (κ1) is 13.3. The predicted octanol–water partition coefficient (Wildman–Crippen LogP) is 0.966. The Morgan fingerprint density at radius 2 is 2.17 bits per heavy atom. The number of hydrogen-bond acceptors (Lipinski definition) is 3. The van der Waals surface area contributed by atoms with Gasteiger partial charge in [-0.2, -0.15) is 0 Å². The summed E-state index contributed by atoms with van der Waals surface area (Å²) >= 11 is 0. The standard InChI is InChI=1S/C14H23N3O/c1-4-15-9-11-8-12-10-16(3)7-6-13(12)17(5-2)14(11)18/h8,15H,4-7,9-10H2,1-3H3. The fourth-order valence-corrected chi connectivity index (χ4v) is 2.64. The Balaban J connectivity index is 2.45. The molecule has 0 fully saturated rings. The van der Waals surface area contributed by atoms with Crippen molar-refractivity contribution in [2.24, 2.45) is 0 Å². The molecule has 2 heterocycles. The van der Waals surface area contributed by atoms with Gasteiger partial charge in [0.2, 0.25) is 0 Å². The molecule has 0 saturated heterocycles. The summed E-state index contributed by atoms with van der Waals surface area (Å²) in [6.45, 7) is 8.44. The first-order valence-corrected chi connectivity index (χ1v) is 6.81. The van der Waals surface area contributed by atoms with Gasteiger partial charge in [-0.15, -0.1) is 0 Å². The van der Waals surface area contributed by atoms with Crippen molar-refractivity contribution in [1.29, 1.82) is 0 Å². The topological polar surface area (TPSA) is 37.3 Å². The highest BCUT2D eigenvalue weighted by Crippen LogP contribution is 2.17. The molecular weight excluding hydrogens is 226 g/mol. The summed E-state index contributed by atoms with van der Waals surface area (Å²) in [5, 5.41) is 3.25. The van der Waals surface area contributed by atoms with Crippen LogP contribution in [-0.4, -0.2) is 29.6 Å². The van der Waals surface area contributed by atoms with Gasteiger partial charge in [0.1, 0.15) is 0 Å². The van der Waals surface area contributed by atoms with Crippen molar-refractivity contribution in [2.75, 3.05) is 20.1 Å². The lowest BCUT2D eigenvalue weighted by molar-refractivity contribution is 0.304. The van der Waals surface area contributed by atoms with Crippen LogP contribution in [0.2, 0.25) is 0 Å². The summed E-state index contributed by atoms with van der Waals surface area (Å²) in [7, 11) is 2.13. The molecule has 0 saturated carbocycles. The summed E-state index contributed by atoms with van der Waals surface area (Å²) in [5.74, 6) is 0. The van der Waals surface area contributed by atoms with Crippen molar-refractivity contribution < 1.29 is 0 Å². The lowest BCUT2D eigenvalue weighted by Gasteiger charge is -2.28. The zero-order valence-corrected chi connectivity index (χ0v) is 11.6. The van der Waals surface area contributed by atoms with E-state index in [1.165, 1.54) is 11.3 Å². The maximum Gasteiger partial charge on any atom is 0.255 e. The van der Waals surface area contributed by atoms with Gasteiger partial charge in [0.15, 0.2) is 0 Å². The zero-order valence-electron chi connectivity index (χ0n) is 11.6. The SMILES string of the molecule is CCNCc1cc2c(n(CC)c1=O)CCN(C)C2. The van der Waals surface area contributed by atoms with E-state index in [0.717, 1.165) is 38.2 Å². The average molecular weight is 249 g/mol. The third-order valence-corrected chi connectivity index (χ3v) is 3.62. The van der Waals surface area contributed by atoms with Crippen LogP contribution in [-0.2, 0) is 26.1 Å². The van der Waals surface area contributed by atoms with Crippen LogP contribution in [0, 0.1) is 0 Å². The van der Waals surface area contributed by atoms with E-state index >= 15 is 0 Å². The number of nitrogens with one attached hydrogen (secondary N) is 1. The molecule has 4 heteroatoms. The third-order valence-electron chi connectivity index (χ3n) is 3.62.